The SMILES string of the molecule is CC1CN(c2ncc(Br)cc2CN)CC(C)S1. The van der Waals surface area contributed by atoms with Gasteiger partial charge in [0.2, 0.25) is 0 Å². The summed E-state index contributed by atoms with van der Waals surface area (Å²) >= 11 is 5.49. The molecular weight excluding hydrogens is 298 g/mol. The summed E-state index contributed by atoms with van der Waals surface area (Å²) in [6.07, 6.45) is 1.85. The van der Waals surface area contributed by atoms with Crippen LogP contribution in [0.5, 0.6) is 0 Å². The average molecular weight is 316 g/mol. The summed E-state index contributed by atoms with van der Waals surface area (Å²) < 4.78 is 0.995. The average Bonchev–Trinajstić information content (AvgIpc) is 2.27. The third-order valence-electron chi connectivity index (χ3n) is 2.85. The van der Waals surface area contributed by atoms with Gasteiger partial charge in [-0.1, -0.05) is 13.8 Å². The summed E-state index contributed by atoms with van der Waals surface area (Å²) in [5.41, 5.74) is 6.92. The quantitative estimate of drug-likeness (QED) is 0.911. The van der Waals surface area contributed by atoms with Gasteiger partial charge >= 0.3 is 0 Å². The van der Waals surface area contributed by atoms with E-state index in [0.29, 0.717) is 17.0 Å². The van der Waals surface area contributed by atoms with Crippen LogP contribution < -0.4 is 10.6 Å². The normalized spacial score (nSPS) is 25.1. The molecule has 1 aliphatic heterocycles. The Morgan fingerprint density at radius 3 is 2.71 bits per heavy atom. The number of aromatic nitrogens is 1. The molecule has 5 heteroatoms. The van der Waals surface area contributed by atoms with Gasteiger partial charge in [-0.2, -0.15) is 11.8 Å². The van der Waals surface area contributed by atoms with Crippen LogP contribution in [0.25, 0.3) is 0 Å². The smallest absolute Gasteiger partial charge is 0.133 e. The highest BCUT2D eigenvalue weighted by atomic mass is 79.9. The van der Waals surface area contributed by atoms with E-state index in [1.807, 2.05) is 18.0 Å². The summed E-state index contributed by atoms with van der Waals surface area (Å²) in [6.45, 7) is 7.18. The molecule has 0 saturated carbocycles. The minimum Gasteiger partial charge on any atom is -0.354 e. The number of hydrogen-bond donors (Lipinski definition) is 1. The number of rotatable bonds is 2. The van der Waals surface area contributed by atoms with Crippen molar-refractivity contribution in [1.29, 1.82) is 0 Å². The van der Waals surface area contributed by atoms with E-state index in [4.69, 9.17) is 5.73 Å². The van der Waals surface area contributed by atoms with E-state index in [2.05, 4.69) is 45.7 Å². The molecule has 1 aromatic heterocycles. The highest BCUT2D eigenvalue weighted by Crippen LogP contribution is 2.30. The number of nitrogens with zero attached hydrogens (tertiary/aromatic N) is 2. The van der Waals surface area contributed by atoms with E-state index in [1.165, 1.54) is 0 Å². The third-order valence-corrected chi connectivity index (χ3v) is 4.51. The van der Waals surface area contributed by atoms with Gasteiger partial charge in [-0.15, -0.1) is 0 Å². The standard InChI is InChI=1S/C12H18BrN3S/c1-8-6-16(7-9(2)17-8)12-10(4-14)3-11(13)5-15-12/h3,5,8-9H,4,6-7,14H2,1-2H3. The molecule has 2 heterocycles. The fraction of sp³-hybridized carbons (Fsp3) is 0.583. The van der Waals surface area contributed by atoms with Crippen molar-refractivity contribution in [3.63, 3.8) is 0 Å². The van der Waals surface area contributed by atoms with E-state index in [9.17, 15) is 0 Å². The Morgan fingerprint density at radius 1 is 1.47 bits per heavy atom. The van der Waals surface area contributed by atoms with Crippen molar-refractivity contribution in [2.24, 2.45) is 5.73 Å². The molecule has 0 radical (unpaired) electrons. The second-order valence-electron chi connectivity index (χ2n) is 4.50. The predicted molar refractivity (Wildman–Crippen MR) is 78.6 cm³/mol. The Kier molecular flexibility index (Phi) is 4.33. The fourth-order valence-corrected chi connectivity index (χ4v) is 3.96. The number of hydrogen-bond acceptors (Lipinski definition) is 4. The first-order chi connectivity index (χ1) is 8.10. The van der Waals surface area contributed by atoms with Gasteiger partial charge in [0.15, 0.2) is 0 Å². The zero-order valence-electron chi connectivity index (χ0n) is 10.2. The molecule has 2 rings (SSSR count). The van der Waals surface area contributed by atoms with Gasteiger partial charge in [0.25, 0.3) is 0 Å². The Morgan fingerprint density at radius 2 is 2.12 bits per heavy atom. The number of nitrogens with two attached hydrogens (primary N) is 1. The molecule has 1 aliphatic rings. The molecule has 0 amide bonds. The highest BCUT2D eigenvalue weighted by molar-refractivity contribution is 9.10. The predicted octanol–water partition coefficient (Wildman–Crippen LogP) is 2.63. The lowest BCUT2D eigenvalue weighted by Gasteiger charge is -2.36. The van der Waals surface area contributed by atoms with Crippen LogP contribution in [-0.2, 0) is 6.54 Å². The Hall–Kier alpha value is -0.260. The first-order valence-electron chi connectivity index (χ1n) is 5.85. The maximum atomic E-state index is 5.80. The van der Waals surface area contributed by atoms with Crippen LogP contribution >= 0.6 is 27.7 Å². The van der Waals surface area contributed by atoms with E-state index >= 15 is 0 Å². The molecule has 0 aromatic carbocycles. The van der Waals surface area contributed by atoms with E-state index in [0.717, 1.165) is 28.9 Å². The molecule has 2 N–H and O–H groups in total. The van der Waals surface area contributed by atoms with Crippen LogP contribution in [0.15, 0.2) is 16.7 Å². The lowest BCUT2D eigenvalue weighted by atomic mass is 10.2. The summed E-state index contributed by atoms with van der Waals surface area (Å²) in [5, 5.41) is 1.30. The molecule has 17 heavy (non-hydrogen) atoms. The molecule has 0 bridgehead atoms. The van der Waals surface area contributed by atoms with Gasteiger partial charge in [0, 0.05) is 46.4 Å². The number of anilines is 1. The highest BCUT2D eigenvalue weighted by Gasteiger charge is 2.24. The number of pyridine rings is 1. The van der Waals surface area contributed by atoms with E-state index in [1.54, 1.807) is 0 Å². The Bertz CT molecular complexity index is 389. The van der Waals surface area contributed by atoms with Crippen molar-refractivity contribution in [3.8, 4) is 0 Å². The third kappa shape index (κ3) is 3.14. The van der Waals surface area contributed by atoms with Crippen LogP contribution in [0, 0.1) is 0 Å². The molecular formula is C12H18BrN3S. The maximum absolute atomic E-state index is 5.80. The molecule has 0 aliphatic carbocycles. The van der Waals surface area contributed by atoms with Crippen molar-refractivity contribution in [2.75, 3.05) is 18.0 Å². The van der Waals surface area contributed by atoms with Crippen LogP contribution in [-0.4, -0.2) is 28.6 Å². The largest absolute Gasteiger partial charge is 0.354 e. The van der Waals surface area contributed by atoms with Gasteiger partial charge in [0.1, 0.15) is 5.82 Å². The monoisotopic (exact) mass is 315 g/mol. The van der Waals surface area contributed by atoms with Crippen molar-refractivity contribution < 1.29 is 0 Å². The zero-order valence-corrected chi connectivity index (χ0v) is 12.6. The van der Waals surface area contributed by atoms with Crippen molar-refractivity contribution >= 4 is 33.5 Å². The molecule has 0 spiro atoms. The van der Waals surface area contributed by atoms with Gasteiger partial charge in [-0.05, 0) is 22.0 Å². The van der Waals surface area contributed by atoms with Gasteiger partial charge in [-0.3, -0.25) is 0 Å². The van der Waals surface area contributed by atoms with Crippen molar-refractivity contribution in [2.45, 2.75) is 30.9 Å². The fourth-order valence-electron chi connectivity index (χ4n) is 2.26. The molecule has 2 atom stereocenters. The number of halogens is 1. The topological polar surface area (TPSA) is 42.2 Å². The van der Waals surface area contributed by atoms with Crippen LogP contribution in [0.4, 0.5) is 5.82 Å². The molecule has 94 valence electrons. The van der Waals surface area contributed by atoms with E-state index in [-0.39, 0.29) is 0 Å². The van der Waals surface area contributed by atoms with Crippen molar-refractivity contribution in [1.82, 2.24) is 4.98 Å². The van der Waals surface area contributed by atoms with Crippen LogP contribution in [0.2, 0.25) is 0 Å². The molecule has 2 unspecified atom stereocenters. The molecule has 3 nitrogen and oxygen atoms in total. The summed E-state index contributed by atoms with van der Waals surface area (Å²) in [6, 6.07) is 2.07. The molecule has 1 saturated heterocycles. The Labute approximate surface area is 115 Å². The Balaban J connectivity index is 2.26. The summed E-state index contributed by atoms with van der Waals surface area (Å²) in [7, 11) is 0. The lowest BCUT2D eigenvalue weighted by Crippen LogP contribution is -2.41. The summed E-state index contributed by atoms with van der Waals surface area (Å²) in [5.74, 6) is 1.05. The van der Waals surface area contributed by atoms with Gasteiger partial charge < -0.3 is 10.6 Å². The second kappa shape index (κ2) is 5.59. The lowest BCUT2D eigenvalue weighted by molar-refractivity contribution is 0.713. The van der Waals surface area contributed by atoms with E-state index < -0.39 is 0 Å². The zero-order chi connectivity index (χ0) is 12.4. The first kappa shape index (κ1) is 13.2. The van der Waals surface area contributed by atoms with Gasteiger partial charge in [-0.25, -0.2) is 4.98 Å². The molecule has 1 fully saturated rings. The second-order valence-corrected chi connectivity index (χ2v) is 7.30. The van der Waals surface area contributed by atoms with Crippen LogP contribution in [0.3, 0.4) is 0 Å². The first-order valence-corrected chi connectivity index (χ1v) is 7.58. The maximum Gasteiger partial charge on any atom is 0.133 e. The number of thioether (sulfide) groups is 1. The van der Waals surface area contributed by atoms with Gasteiger partial charge in [0.05, 0.1) is 0 Å². The minimum atomic E-state index is 0.536. The molecule has 1 aromatic rings. The van der Waals surface area contributed by atoms with Crippen LogP contribution in [0.1, 0.15) is 19.4 Å². The van der Waals surface area contributed by atoms with Crippen molar-refractivity contribution in [3.05, 3.63) is 22.3 Å². The minimum absolute atomic E-state index is 0.536. The summed E-state index contributed by atoms with van der Waals surface area (Å²) in [4.78, 5) is 6.89.